The van der Waals surface area contributed by atoms with Gasteiger partial charge in [0.25, 0.3) is 0 Å². The van der Waals surface area contributed by atoms with E-state index in [1.54, 1.807) is 6.07 Å². The van der Waals surface area contributed by atoms with Crippen LogP contribution in [0, 0.1) is 0 Å². The molecule has 0 unspecified atom stereocenters. The average molecular weight is 277 g/mol. The van der Waals surface area contributed by atoms with E-state index >= 15 is 0 Å². The summed E-state index contributed by atoms with van der Waals surface area (Å²) in [6, 6.07) is 7.43. The molecule has 0 fully saturated rings. The van der Waals surface area contributed by atoms with Crippen LogP contribution in [0.25, 0.3) is 11.3 Å². The van der Waals surface area contributed by atoms with Crippen molar-refractivity contribution in [2.75, 3.05) is 0 Å². The molecule has 0 saturated carbocycles. The van der Waals surface area contributed by atoms with Crippen molar-refractivity contribution < 1.29 is 0 Å². The van der Waals surface area contributed by atoms with E-state index in [4.69, 9.17) is 23.2 Å². The SMILES string of the molecule is Clc1ccc(-c2cc(C3C=CC=C3)[nH]n2)c(Cl)c1. The largest absolute Gasteiger partial charge is 0.281 e. The van der Waals surface area contributed by atoms with Crippen molar-refractivity contribution in [2.45, 2.75) is 5.92 Å². The molecule has 0 amide bonds. The van der Waals surface area contributed by atoms with E-state index in [1.807, 2.05) is 30.4 Å². The van der Waals surface area contributed by atoms with Gasteiger partial charge < -0.3 is 0 Å². The Bertz CT molecular complexity index is 629. The highest BCUT2D eigenvalue weighted by atomic mass is 35.5. The minimum Gasteiger partial charge on any atom is -0.281 e. The van der Waals surface area contributed by atoms with Gasteiger partial charge in [0, 0.05) is 22.2 Å². The Kier molecular flexibility index (Phi) is 2.98. The number of benzene rings is 1. The van der Waals surface area contributed by atoms with E-state index in [-0.39, 0.29) is 5.92 Å². The van der Waals surface area contributed by atoms with Gasteiger partial charge in [-0.3, -0.25) is 5.10 Å². The van der Waals surface area contributed by atoms with Crippen molar-refractivity contribution in [1.29, 1.82) is 0 Å². The van der Waals surface area contributed by atoms with Crippen LogP contribution in [0.4, 0.5) is 0 Å². The van der Waals surface area contributed by atoms with Gasteiger partial charge in [0.2, 0.25) is 0 Å². The minimum absolute atomic E-state index is 0.275. The van der Waals surface area contributed by atoms with Crippen LogP contribution in [-0.4, -0.2) is 10.2 Å². The molecule has 4 heteroatoms. The van der Waals surface area contributed by atoms with Gasteiger partial charge in [-0.15, -0.1) is 0 Å². The molecule has 1 N–H and O–H groups in total. The molecule has 0 atom stereocenters. The molecule has 0 saturated heterocycles. The summed E-state index contributed by atoms with van der Waals surface area (Å²) in [5, 5.41) is 8.58. The molecule has 3 rings (SSSR count). The molecule has 2 aromatic rings. The number of rotatable bonds is 2. The maximum absolute atomic E-state index is 6.17. The predicted molar refractivity (Wildman–Crippen MR) is 75.1 cm³/mol. The molecule has 1 aliphatic rings. The lowest BCUT2D eigenvalue weighted by atomic mass is 10.1. The second-order valence-electron chi connectivity index (χ2n) is 4.13. The second kappa shape index (κ2) is 4.63. The van der Waals surface area contributed by atoms with Gasteiger partial charge in [-0.1, -0.05) is 47.5 Å². The number of nitrogens with zero attached hydrogens (tertiary/aromatic N) is 1. The molecular weight excluding hydrogens is 267 g/mol. The van der Waals surface area contributed by atoms with Gasteiger partial charge in [0.1, 0.15) is 0 Å². The highest BCUT2D eigenvalue weighted by Crippen LogP contribution is 2.31. The average Bonchev–Trinajstić information content (AvgIpc) is 2.99. The highest BCUT2D eigenvalue weighted by Gasteiger charge is 2.13. The minimum atomic E-state index is 0.275. The summed E-state index contributed by atoms with van der Waals surface area (Å²) in [6.45, 7) is 0. The maximum Gasteiger partial charge on any atom is 0.0938 e. The molecule has 1 aliphatic carbocycles. The van der Waals surface area contributed by atoms with Crippen LogP contribution < -0.4 is 0 Å². The standard InChI is InChI=1S/C14H10Cl2N2/c15-10-5-6-11(12(16)7-10)14-8-13(17-18-14)9-3-1-2-4-9/h1-9H,(H,17,18). The highest BCUT2D eigenvalue weighted by molar-refractivity contribution is 6.36. The monoisotopic (exact) mass is 276 g/mol. The lowest BCUT2D eigenvalue weighted by molar-refractivity contribution is 0.956. The molecule has 1 aromatic heterocycles. The Morgan fingerprint density at radius 1 is 1.06 bits per heavy atom. The first-order valence-corrected chi connectivity index (χ1v) is 6.35. The van der Waals surface area contributed by atoms with Crippen molar-refractivity contribution in [2.24, 2.45) is 0 Å². The van der Waals surface area contributed by atoms with Crippen LogP contribution in [0.1, 0.15) is 11.6 Å². The molecule has 2 nitrogen and oxygen atoms in total. The lowest BCUT2D eigenvalue weighted by Crippen LogP contribution is -1.87. The number of halogens is 2. The molecule has 0 radical (unpaired) electrons. The van der Waals surface area contributed by atoms with Crippen LogP contribution >= 0.6 is 23.2 Å². The van der Waals surface area contributed by atoms with Gasteiger partial charge in [0.05, 0.1) is 10.7 Å². The van der Waals surface area contributed by atoms with E-state index in [1.165, 1.54) is 0 Å². The third kappa shape index (κ3) is 2.09. The van der Waals surface area contributed by atoms with E-state index in [9.17, 15) is 0 Å². The van der Waals surface area contributed by atoms with E-state index in [0.717, 1.165) is 17.0 Å². The smallest absolute Gasteiger partial charge is 0.0938 e. The fourth-order valence-electron chi connectivity index (χ4n) is 1.98. The van der Waals surface area contributed by atoms with E-state index < -0.39 is 0 Å². The first-order chi connectivity index (χ1) is 8.74. The van der Waals surface area contributed by atoms with Gasteiger partial charge in [-0.2, -0.15) is 5.10 Å². The number of H-pyrrole nitrogens is 1. The third-order valence-electron chi connectivity index (χ3n) is 2.91. The van der Waals surface area contributed by atoms with Crippen molar-refractivity contribution in [1.82, 2.24) is 10.2 Å². The fourth-order valence-corrected chi connectivity index (χ4v) is 2.49. The molecule has 1 aromatic carbocycles. The first kappa shape index (κ1) is 11.6. The fraction of sp³-hybridized carbons (Fsp3) is 0.0714. The van der Waals surface area contributed by atoms with Crippen molar-refractivity contribution in [3.8, 4) is 11.3 Å². The Hall–Kier alpha value is -1.51. The zero-order chi connectivity index (χ0) is 12.5. The number of allylic oxidation sites excluding steroid dienone is 4. The summed E-state index contributed by atoms with van der Waals surface area (Å²) in [7, 11) is 0. The number of aromatic nitrogens is 2. The summed E-state index contributed by atoms with van der Waals surface area (Å²) >= 11 is 12.0. The van der Waals surface area contributed by atoms with Crippen LogP contribution in [0.3, 0.4) is 0 Å². The topological polar surface area (TPSA) is 28.7 Å². The Morgan fingerprint density at radius 3 is 2.56 bits per heavy atom. The van der Waals surface area contributed by atoms with Gasteiger partial charge in [0.15, 0.2) is 0 Å². The number of aromatic amines is 1. The summed E-state index contributed by atoms with van der Waals surface area (Å²) in [4.78, 5) is 0. The van der Waals surface area contributed by atoms with Gasteiger partial charge >= 0.3 is 0 Å². The van der Waals surface area contributed by atoms with Crippen LogP contribution in [0.15, 0.2) is 48.6 Å². The van der Waals surface area contributed by atoms with Crippen molar-refractivity contribution >= 4 is 23.2 Å². The zero-order valence-electron chi connectivity index (χ0n) is 9.40. The first-order valence-electron chi connectivity index (χ1n) is 5.60. The molecule has 18 heavy (non-hydrogen) atoms. The summed E-state index contributed by atoms with van der Waals surface area (Å²) < 4.78 is 0. The van der Waals surface area contributed by atoms with Crippen LogP contribution in [-0.2, 0) is 0 Å². The molecule has 1 heterocycles. The molecular formula is C14H10Cl2N2. The van der Waals surface area contributed by atoms with Crippen LogP contribution in [0.2, 0.25) is 10.0 Å². The number of hydrogen-bond acceptors (Lipinski definition) is 1. The second-order valence-corrected chi connectivity index (χ2v) is 4.97. The van der Waals surface area contributed by atoms with Crippen molar-refractivity contribution in [3.63, 3.8) is 0 Å². The normalized spacial score (nSPS) is 14.6. The van der Waals surface area contributed by atoms with Gasteiger partial charge in [-0.05, 0) is 24.3 Å². The van der Waals surface area contributed by atoms with E-state index in [2.05, 4.69) is 22.3 Å². The van der Waals surface area contributed by atoms with Crippen LogP contribution in [0.5, 0.6) is 0 Å². The molecule has 90 valence electrons. The zero-order valence-corrected chi connectivity index (χ0v) is 10.9. The Balaban J connectivity index is 1.97. The molecule has 0 bridgehead atoms. The Labute approximate surface area is 115 Å². The summed E-state index contributed by atoms with van der Waals surface area (Å²) in [6.07, 6.45) is 8.28. The molecule has 0 spiro atoms. The number of nitrogens with one attached hydrogen (secondary N) is 1. The third-order valence-corrected chi connectivity index (χ3v) is 3.46. The number of hydrogen-bond donors (Lipinski definition) is 1. The van der Waals surface area contributed by atoms with Gasteiger partial charge in [-0.25, -0.2) is 0 Å². The predicted octanol–water partition coefficient (Wildman–Crippen LogP) is 4.59. The quantitative estimate of drug-likeness (QED) is 0.854. The lowest BCUT2D eigenvalue weighted by Gasteiger charge is -2.01. The molecule has 0 aliphatic heterocycles. The summed E-state index contributed by atoms with van der Waals surface area (Å²) in [5.41, 5.74) is 2.77. The summed E-state index contributed by atoms with van der Waals surface area (Å²) in [5.74, 6) is 0.275. The van der Waals surface area contributed by atoms with E-state index in [0.29, 0.717) is 10.0 Å². The maximum atomic E-state index is 6.17. The van der Waals surface area contributed by atoms with Crippen molar-refractivity contribution in [3.05, 3.63) is 64.3 Å². The Morgan fingerprint density at radius 2 is 1.83 bits per heavy atom.